The molecule has 2 heterocycles. The number of methoxy groups -OCH3 is 1. The molecule has 0 amide bonds. The van der Waals surface area contributed by atoms with Crippen LogP contribution < -0.4 is 0 Å². The maximum Gasteiger partial charge on any atom is 0.325 e. The van der Waals surface area contributed by atoms with Crippen LogP contribution in [0.4, 0.5) is 0 Å². The zero-order valence-electron chi connectivity index (χ0n) is 16.8. The molecule has 0 aliphatic carbocycles. The highest BCUT2D eigenvalue weighted by Gasteiger charge is 2.46. The van der Waals surface area contributed by atoms with E-state index in [-0.39, 0.29) is 19.7 Å². The Kier molecular flexibility index (Phi) is 9.99. The number of rotatable bonds is 11. The van der Waals surface area contributed by atoms with Gasteiger partial charge >= 0.3 is 7.60 Å². The second kappa shape index (κ2) is 11.2. The first-order chi connectivity index (χ1) is 13.8. The smallest absolute Gasteiger partial charge is 0.325 e. The Morgan fingerprint density at radius 2 is 1.67 bits per heavy atom. The lowest BCUT2D eigenvalue weighted by atomic mass is 9.70. The summed E-state index contributed by atoms with van der Waals surface area (Å²) in [6.45, 7) is -0.628. The molecule has 30 heavy (non-hydrogen) atoms. The number of ether oxygens (including phenoxy) is 4. The Balaban J connectivity index is 1.85. The second-order valence-corrected chi connectivity index (χ2v) is 12.9. The normalized spacial score (nSPS) is 40.8. The first-order valence-corrected chi connectivity index (χ1v) is 14.3. The van der Waals surface area contributed by atoms with Gasteiger partial charge in [-0.05, 0) is 11.8 Å². The first kappa shape index (κ1) is 26.9. The first-order valence-electron chi connectivity index (χ1n) is 9.12. The van der Waals surface area contributed by atoms with Gasteiger partial charge in [-0.15, -0.1) is 0 Å². The lowest BCUT2D eigenvalue weighted by molar-refractivity contribution is -0.0221. The quantitative estimate of drug-likeness (QED) is 0.147. The van der Waals surface area contributed by atoms with Crippen molar-refractivity contribution in [1.29, 1.82) is 0 Å². The van der Waals surface area contributed by atoms with E-state index in [2.05, 4.69) is 0 Å². The molecule has 6 unspecified atom stereocenters. The molecule has 2 aliphatic heterocycles. The van der Waals surface area contributed by atoms with Crippen molar-refractivity contribution in [3.05, 3.63) is 0 Å². The monoisotopic (exact) mass is 487 g/mol. The van der Waals surface area contributed by atoms with Crippen LogP contribution in [-0.2, 0) is 44.4 Å². The van der Waals surface area contributed by atoms with Crippen LogP contribution >= 0.6 is 14.1 Å². The van der Waals surface area contributed by atoms with Gasteiger partial charge in [0.1, 0.15) is 44.5 Å². The molecular weight excluding hydrogens is 460 g/mol. The molecule has 0 aromatic heterocycles. The predicted molar refractivity (Wildman–Crippen MR) is 111 cm³/mol. The van der Waals surface area contributed by atoms with Crippen LogP contribution in [0.2, 0.25) is 0 Å². The predicted octanol–water partition coefficient (Wildman–Crippen LogP) is -1.83. The molecule has 0 spiro atoms. The number of aliphatic hydroxyl groups excluding tert-OH is 2. The SMILES string of the molecule is [B][C@@H]1O[C@H](COC[B][C@@H]2O[C@H](COC)C(OP(C)(O)=S)C2O)C(OP(C)(=O)O)C1O. The van der Waals surface area contributed by atoms with E-state index in [1.54, 1.807) is 7.28 Å². The molecule has 2 saturated heterocycles. The molecule has 10 atom stereocenters. The molecule has 16 heteroatoms. The summed E-state index contributed by atoms with van der Waals surface area (Å²) in [5, 5.41) is 20.5. The minimum Gasteiger partial charge on any atom is -0.388 e. The van der Waals surface area contributed by atoms with Crippen LogP contribution in [0.1, 0.15) is 0 Å². The largest absolute Gasteiger partial charge is 0.388 e. The van der Waals surface area contributed by atoms with Gasteiger partial charge in [0.25, 0.3) is 0 Å². The van der Waals surface area contributed by atoms with Crippen LogP contribution in [-0.4, -0.2) is 124 Å². The van der Waals surface area contributed by atoms with E-state index in [9.17, 15) is 24.6 Å². The maximum absolute atomic E-state index is 11.5. The Morgan fingerprint density at radius 3 is 2.23 bits per heavy atom. The van der Waals surface area contributed by atoms with Gasteiger partial charge in [-0.1, -0.05) is 0 Å². The minimum atomic E-state index is -3.88. The fourth-order valence-electron chi connectivity index (χ4n) is 3.22. The van der Waals surface area contributed by atoms with Crippen molar-refractivity contribution in [1.82, 2.24) is 0 Å². The lowest BCUT2D eigenvalue weighted by Crippen LogP contribution is -2.39. The third-order valence-electron chi connectivity index (χ3n) is 4.44. The third-order valence-corrected chi connectivity index (χ3v) is 5.96. The lowest BCUT2D eigenvalue weighted by Gasteiger charge is -2.23. The van der Waals surface area contributed by atoms with Crippen LogP contribution in [0.25, 0.3) is 0 Å². The Bertz CT molecular complexity index is 649. The topological polar surface area (TPSA) is 153 Å². The summed E-state index contributed by atoms with van der Waals surface area (Å²) in [4.78, 5) is 19.2. The molecule has 2 fully saturated rings. The molecular formula is C14H27B2O11P2S. The summed E-state index contributed by atoms with van der Waals surface area (Å²) < 4.78 is 43.5. The van der Waals surface area contributed by atoms with E-state index in [0.717, 1.165) is 6.66 Å². The molecule has 171 valence electrons. The van der Waals surface area contributed by atoms with E-state index >= 15 is 0 Å². The number of hydrogen-bond donors (Lipinski definition) is 4. The summed E-state index contributed by atoms with van der Waals surface area (Å²) in [6.07, 6.45) is -5.87. The standard InChI is InChI=1S/C14H27B2O11P2S/c1-22-4-7-12(27-29(3,21)30)10(18)14(25-7)16-6-23-5-8-11(26-28(2,19)20)9(17)13(15)24-8/h7-14,17-18H,4-6H2,1-3H3,(H,19,20)(H,21,30)/t7-,8-,9?,10?,11?,12?,13-,14-,29?/m1/s1. The highest BCUT2D eigenvalue weighted by Crippen LogP contribution is 2.43. The van der Waals surface area contributed by atoms with E-state index in [4.69, 9.17) is 47.6 Å². The van der Waals surface area contributed by atoms with E-state index in [0.29, 0.717) is 0 Å². The second-order valence-electron chi connectivity index (χ2n) is 7.23. The van der Waals surface area contributed by atoms with Crippen LogP contribution in [0.5, 0.6) is 0 Å². The fraction of sp³-hybridized carbons (Fsp3) is 1.00. The maximum atomic E-state index is 11.5. The summed E-state index contributed by atoms with van der Waals surface area (Å²) in [7, 11) is 4.75. The van der Waals surface area contributed by atoms with Gasteiger partial charge in [0.05, 0.1) is 19.2 Å². The Labute approximate surface area is 182 Å². The fourth-order valence-corrected chi connectivity index (χ4v) is 4.94. The average molecular weight is 487 g/mol. The van der Waals surface area contributed by atoms with Gasteiger partial charge in [0.2, 0.25) is 0 Å². The van der Waals surface area contributed by atoms with Crippen molar-refractivity contribution in [2.24, 2.45) is 0 Å². The van der Waals surface area contributed by atoms with Crippen molar-refractivity contribution in [2.75, 3.05) is 40.2 Å². The molecule has 0 aromatic carbocycles. The van der Waals surface area contributed by atoms with Gasteiger partial charge in [-0.3, -0.25) is 9.09 Å². The summed E-state index contributed by atoms with van der Waals surface area (Å²) in [6, 6.07) is -1.85. The highest BCUT2D eigenvalue weighted by atomic mass is 32.5. The van der Waals surface area contributed by atoms with E-state index < -0.39 is 62.7 Å². The van der Waals surface area contributed by atoms with E-state index in [1.807, 2.05) is 0 Å². The highest BCUT2D eigenvalue weighted by molar-refractivity contribution is 8.09. The van der Waals surface area contributed by atoms with Gasteiger partial charge in [-0.2, -0.15) is 0 Å². The minimum absolute atomic E-state index is 0.00832. The van der Waals surface area contributed by atoms with Crippen LogP contribution in [0.3, 0.4) is 0 Å². The molecule has 11 nitrogen and oxygen atoms in total. The zero-order chi connectivity index (χ0) is 22.7. The number of hydrogen-bond acceptors (Lipinski definition) is 10. The molecule has 0 bridgehead atoms. The summed E-state index contributed by atoms with van der Waals surface area (Å²) in [5.74, 6) is 0. The molecule has 2 rings (SSSR count). The van der Waals surface area contributed by atoms with Gasteiger partial charge in [0, 0.05) is 32.9 Å². The average Bonchev–Trinajstić information content (AvgIpc) is 3.02. The summed E-state index contributed by atoms with van der Waals surface area (Å²) >= 11 is 4.89. The van der Waals surface area contributed by atoms with Gasteiger partial charge < -0.3 is 43.5 Å². The molecule has 3 radical (unpaired) electrons. The third kappa shape index (κ3) is 7.88. The summed E-state index contributed by atoms with van der Waals surface area (Å²) in [5.41, 5.74) is 0. The van der Waals surface area contributed by atoms with Crippen LogP contribution in [0.15, 0.2) is 0 Å². The van der Waals surface area contributed by atoms with Crippen molar-refractivity contribution in [3.8, 4) is 0 Å². The van der Waals surface area contributed by atoms with Crippen molar-refractivity contribution in [2.45, 2.75) is 48.6 Å². The Hall–Kier alpha value is 0.610. The molecule has 4 N–H and O–H groups in total. The molecule has 0 aromatic rings. The zero-order valence-corrected chi connectivity index (χ0v) is 19.4. The van der Waals surface area contributed by atoms with Crippen molar-refractivity contribution >= 4 is 41.0 Å². The van der Waals surface area contributed by atoms with Crippen LogP contribution in [0, 0.1) is 0 Å². The van der Waals surface area contributed by atoms with Crippen molar-refractivity contribution < 1.29 is 52.6 Å². The van der Waals surface area contributed by atoms with E-state index in [1.165, 1.54) is 13.8 Å². The van der Waals surface area contributed by atoms with Gasteiger partial charge in [0.15, 0.2) is 13.8 Å². The van der Waals surface area contributed by atoms with Gasteiger partial charge in [-0.25, -0.2) is 0 Å². The molecule has 2 aliphatic rings. The van der Waals surface area contributed by atoms with Crippen molar-refractivity contribution in [3.63, 3.8) is 0 Å². The number of aliphatic hydroxyl groups is 2. The molecule has 0 saturated carbocycles. The Morgan fingerprint density at radius 1 is 1.07 bits per heavy atom.